The maximum absolute atomic E-state index is 12.4. The highest BCUT2D eigenvalue weighted by molar-refractivity contribution is 7.16. The van der Waals surface area contributed by atoms with Crippen molar-refractivity contribution in [1.29, 1.82) is 0 Å². The summed E-state index contributed by atoms with van der Waals surface area (Å²) in [7, 11) is 1.84. The molecule has 0 atom stereocenters. The zero-order valence-electron chi connectivity index (χ0n) is 13.6. The van der Waals surface area contributed by atoms with E-state index < -0.39 is 0 Å². The maximum atomic E-state index is 12.4. The molecule has 2 aromatic heterocycles. The van der Waals surface area contributed by atoms with E-state index in [4.69, 9.17) is 11.6 Å². The minimum Gasteiger partial charge on any atom is -0.340 e. The van der Waals surface area contributed by atoms with E-state index in [0.717, 1.165) is 41.3 Å². The minimum atomic E-state index is 0.129. The number of piperazine rings is 1. The second-order valence-electron chi connectivity index (χ2n) is 5.77. The van der Waals surface area contributed by atoms with Gasteiger partial charge < -0.3 is 9.80 Å². The number of aromatic nitrogens is 2. The lowest BCUT2D eigenvalue weighted by Gasteiger charge is -2.34. The van der Waals surface area contributed by atoms with Crippen LogP contribution in [0.1, 0.15) is 4.88 Å². The van der Waals surface area contributed by atoms with Crippen molar-refractivity contribution in [2.24, 2.45) is 0 Å². The standard InChI is InChI=1S/C16H20ClN5OS/c1-20(11-13-3-4-14(17)24-13)15(23)12-21-7-9-22(10-8-21)16-18-5-2-6-19-16/h2-6H,7-12H2,1H3. The van der Waals surface area contributed by atoms with Gasteiger partial charge in [-0.15, -0.1) is 11.3 Å². The quantitative estimate of drug-likeness (QED) is 0.810. The summed E-state index contributed by atoms with van der Waals surface area (Å²) in [6.07, 6.45) is 3.51. The van der Waals surface area contributed by atoms with Gasteiger partial charge in [0, 0.05) is 50.5 Å². The Bertz CT molecular complexity index is 672. The number of rotatable bonds is 5. The summed E-state index contributed by atoms with van der Waals surface area (Å²) in [4.78, 5) is 28.1. The van der Waals surface area contributed by atoms with E-state index in [1.54, 1.807) is 17.3 Å². The molecule has 0 spiro atoms. The number of thiophene rings is 1. The number of halogens is 1. The topological polar surface area (TPSA) is 52.6 Å². The number of likely N-dealkylation sites (N-methyl/N-ethyl adjacent to an activating group) is 1. The van der Waals surface area contributed by atoms with E-state index >= 15 is 0 Å². The van der Waals surface area contributed by atoms with Crippen molar-refractivity contribution in [3.05, 3.63) is 39.8 Å². The van der Waals surface area contributed by atoms with Crippen LogP contribution < -0.4 is 4.90 Å². The Morgan fingerprint density at radius 1 is 1.25 bits per heavy atom. The third-order valence-electron chi connectivity index (χ3n) is 4.01. The van der Waals surface area contributed by atoms with E-state index in [2.05, 4.69) is 19.8 Å². The molecule has 24 heavy (non-hydrogen) atoms. The first-order chi connectivity index (χ1) is 11.6. The molecule has 1 aliphatic rings. The average Bonchev–Trinajstić information content (AvgIpc) is 3.01. The van der Waals surface area contributed by atoms with Gasteiger partial charge in [-0.25, -0.2) is 9.97 Å². The molecule has 0 radical (unpaired) electrons. The molecule has 0 unspecified atom stereocenters. The monoisotopic (exact) mass is 365 g/mol. The van der Waals surface area contributed by atoms with Gasteiger partial charge in [0.15, 0.2) is 0 Å². The summed E-state index contributed by atoms with van der Waals surface area (Å²) in [6.45, 7) is 4.39. The number of hydrogen-bond acceptors (Lipinski definition) is 6. The van der Waals surface area contributed by atoms with Crippen LogP contribution in [-0.2, 0) is 11.3 Å². The van der Waals surface area contributed by atoms with Gasteiger partial charge in [-0.3, -0.25) is 9.69 Å². The first-order valence-corrected chi connectivity index (χ1v) is 9.04. The predicted octanol–water partition coefficient (Wildman–Crippen LogP) is 1.97. The fraction of sp³-hybridized carbons (Fsp3) is 0.438. The van der Waals surface area contributed by atoms with E-state index in [0.29, 0.717) is 13.1 Å². The zero-order valence-corrected chi connectivity index (χ0v) is 15.1. The van der Waals surface area contributed by atoms with Crippen molar-refractivity contribution in [2.45, 2.75) is 6.54 Å². The molecule has 0 saturated carbocycles. The van der Waals surface area contributed by atoms with Crippen molar-refractivity contribution in [3.8, 4) is 0 Å². The van der Waals surface area contributed by atoms with E-state index in [1.807, 2.05) is 25.2 Å². The Kier molecular flexibility index (Phi) is 5.65. The van der Waals surface area contributed by atoms with Gasteiger partial charge in [0.05, 0.1) is 17.4 Å². The van der Waals surface area contributed by atoms with Gasteiger partial charge in [0.25, 0.3) is 0 Å². The van der Waals surface area contributed by atoms with Crippen molar-refractivity contribution >= 4 is 34.8 Å². The third-order valence-corrected chi connectivity index (χ3v) is 5.23. The van der Waals surface area contributed by atoms with Crippen molar-refractivity contribution in [2.75, 3.05) is 44.7 Å². The molecule has 0 bridgehead atoms. The molecule has 3 heterocycles. The summed E-state index contributed by atoms with van der Waals surface area (Å²) in [5, 5.41) is 0. The number of hydrogen-bond donors (Lipinski definition) is 0. The van der Waals surface area contributed by atoms with Crippen LogP contribution in [-0.4, -0.2) is 65.4 Å². The fourth-order valence-electron chi connectivity index (χ4n) is 2.63. The van der Waals surface area contributed by atoms with E-state index in [9.17, 15) is 4.79 Å². The van der Waals surface area contributed by atoms with Crippen LogP contribution in [0.2, 0.25) is 4.34 Å². The zero-order chi connectivity index (χ0) is 16.9. The fourth-order valence-corrected chi connectivity index (χ4v) is 3.77. The molecule has 6 nitrogen and oxygen atoms in total. The molecule has 1 aliphatic heterocycles. The summed E-state index contributed by atoms with van der Waals surface area (Å²) in [5.74, 6) is 0.888. The normalized spacial score (nSPS) is 15.5. The first-order valence-electron chi connectivity index (χ1n) is 7.84. The highest BCUT2D eigenvalue weighted by Crippen LogP contribution is 2.22. The van der Waals surface area contributed by atoms with Gasteiger partial charge in [-0.05, 0) is 18.2 Å². The van der Waals surface area contributed by atoms with Gasteiger partial charge in [0.2, 0.25) is 11.9 Å². The number of nitrogens with zero attached hydrogens (tertiary/aromatic N) is 5. The van der Waals surface area contributed by atoms with Crippen LogP contribution in [0.3, 0.4) is 0 Å². The Hall–Kier alpha value is -1.70. The molecule has 1 amide bonds. The van der Waals surface area contributed by atoms with Crippen LogP contribution in [0.5, 0.6) is 0 Å². The Balaban J connectivity index is 1.46. The first kappa shape index (κ1) is 17.1. The van der Waals surface area contributed by atoms with Crippen molar-refractivity contribution < 1.29 is 4.79 Å². The second kappa shape index (κ2) is 7.92. The SMILES string of the molecule is CN(Cc1ccc(Cl)s1)C(=O)CN1CCN(c2ncccn2)CC1. The number of anilines is 1. The molecule has 8 heteroatoms. The van der Waals surface area contributed by atoms with Gasteiger partial charge >= 0.3 is 0 Å². The molecule has 0 aromatic carbocycles. The van der Waals surface area contributed by atoms with Gasteiger partial charge in [-0.1, -0.05) is 11.6 Å². The lowest BCUT2D eigenvalue weighted by atomic mass is 10.3. The highest BCUT2D eigenvalue weighted by Gasteiger charge is 2.21. The molecule has 1 fully saturated rings. The van der Waals surface area contributed by atoms with Crippen LogP contribution in [0, 0.1) is 0 Å². The molecule has 0 N–H and O–H groups in total. The average molecular weight is 366 g/mol. The summed E-state index contributed by atoms with van der Waals surface area (Å²) >= 11 is 7.45. The molecule has 0 aliphatic carbocycles. The molecule has 1 saturated heterocycles. The summed E-state index contributed by atoms with van der Waals surface area (Å²) in [5.41, 5.74) is 0. The molecular formula is C16H20ClN5OS. The van der Waals surface area contributed by atoms with Crippen LogP contribution in [0.15, 0.2) is 30.6 Å². The Morgan fingerprint density at radius 2 is 1.96 bits per heavy atom. The highest BCUT2D eigenvalue weighted by atomic mass is 35.5. The minimum absolute atomic E-state index is 0.129. The summed E-state index contributed by atoms with van der Waals surface area (Å²) in [6, 6.07) is 5.65. The van der Waals surface area contributed by atoms with Gasteiger partial charge in [0.1, 0.15) is 0 Å². The number of carbonyl (C=O) groups excluding carboxylic acids is 1. The number of carbonyl (C=O) groups is 1. The lowest BCUT2D eigenvalue weighted by molar-refractivity contribution is -0.131. The third kappa shape index (κ3) is 4.43. The van der Waals surface area contributed by atoms with E-state index in [-0.39, 0.29) is 5.91 Å². The Labute approximate surface area is 150 Å². The molecular weight excluding hydrogens is 346 g/mol. The molecule has 3 rings (SSSR count). The lowest BCUT2D eigenvalue weighted by Crippen LogP contribution is -2.50. The predicted molar refractivity (Wildman–Crippen MR) is 96.5 cm³/mol. The van der Waals surface area contributed by atoms with E-state index in [1.165, 1.54) is 11.3 Å². The number of amides is 1. The Morgan fingerprint density at radius 3 is 2.58 bits per heavy atom. The largest absolute Gasteiger partial charge is 0.340 e. The van der Waals surface area contributed by atoms with Crippen molar-refractivity contribution in [3.63, 3.8) is 0 Å². The summed E-state index contributed by atoms with van der Waals surface area (Å²) < 4.78 is 0.755. The van der Waals surface area contributed by atoms with Gasteiger partial charge in [-0.2, -0.15) is 0 Å². The van der Waals surface area contributed by atoms with Crippen molar-refractivity contribution in [1.82, 2.24) is 19.8 Å². The van der Waals surface area contributed by atoms with Crippen LogP contribution >= 0.6 is 22.9 Å². The van der Waals surface area contributed by atoms with Crippen LogP contribution in [0.4, 0.5) is 5.95 Å². The second-order valence-corrected chi connectivity index (χ2v) is 7.57. The maximum Gasteiger partial charge on any atom is 0.236 e. The molecule has 2 aromatic rings. The van der Waals surface area contributed by atoms with Crippen LogP contribution in [0.25, 0.3) is 0 Å². The molecule has 128 valence electrons. The smallest absolute Gasteiger partial charge is 0.236 e.